The summed E-state index contributed by atoms with van der Waals surface area (Å²) in [4.78, 5) is 28.9. The second-order valence-corrected chi connectivity index (χ2v) is 29.9. The molecule has 11 aromatic rings. The van der Waals surface area contributed by atoms with Crippen molar-refractivity contribution in [3.05, 3.63) is 354 Å². The number of hydrogen-bond donors (Lipinski definition) is 0. The second kappa shape index (κ2) is 24.2. The summed E-state index contributed by atoms with van der Waals surface area (Å²) in [5, 5.41) is 3.41. The van der Waals surface area contributed by atoms with Crippen molar-refractivity contribution in [2.24, 2.45) is 0 Å². The van der Waals surface area contributed by atoms with Crippen molar-refractivity contribution in [1.82, 2.24) is 0 Å². The summed E-state index contributed by atoms with van der Waals surface area (Å²) < 4.78 is 115. The van der Waals surface area contributed by atoms with E-state index in [0.717, 1.165) is 0 Å². The van der Waals surface area contributed by atoms with Gasteiger partial charge in [-0.25, -0.2) is 0 Å². The van der Waals surface area contributed by atoms with Crippen molar-refractivity contribution in [1.29, 1.82) is 0 Å². The zero-order valence-electron chi connectivity index (χ0n) is 46.1. The molecule has 0 bridgehead atoms. The quantitative estimate of drug-likeness (QED) is 0.0329. The van der Waals surface area contributed by atoms with E-state index in [9.17, 15) is 9.59 Å². The molecule has 11 rings (SSSR count). The topological polar surface area (TPSA) is 61.8 Å². The van der Waals surface area contributed by atoms with Gasteiger partial charge in [0, 0.05) is 0 Å². The molecule has 0 aliphatic rings. The van der Waals surface area contributed by atoms with Gasteiger partial charge in [0.2, 0.25) is 0 Å². The van der Waals surface area contributed by atoms with Crippen LogP contribution in [0.1, 0.15) is 54.1 Å². The average Bonchev–Trinajstić information content (AvgIpc) is 0.696. The third-order valence-corrected chi connectivity index (χ3v) is 27.2. The summed E-state index contributed by atoms with van der Waals surface area (Å²) in [6.07, 6.45) is -10.7. The van der Waals surface area contributed by atoms with Gasteiger partial charge in [-0.1, -0.05) is 0 Å². The molecule has 0 heterocycles. The third-order valence-electron chi connectivity index (χ3n) is 15.7. The minimum atomic E-state index is -5.28. The molecule has 0 radical (unpaired) electrons. The molecule has 0 fully saturated rings. The first-order valence-corrected chi connectivity index (χ1v) is 32.3. The zero-order chi connectivity index (χ0) is 59.9. The van der Waals surface area contributed by atoms with Gasteiger partial charge in [0.25, 0.3) is 0 Å². The van der Waals surface area contributed by atoms with Crippen LogP contribution in [0.25, 0.3) is 0 Å². The maximum atomic E-state index is 15.2. The Morgan fingerprint density at radius 3 is 0.837 bits per heavy atom. The van der Waals surface area contributed by atoms with Gasteiger partial charge in [-0.2, -0.15) is 0 Å². The van der Waals surface area contributed by atoms with Crippen molar-refractivity contribution in [2.45, 2.75) is 24.7 Å². The van der Waals surface area contributed by atoms with Gasteiger partial charge in [-0.05, 0) is 0 Å². The number of alkyl halides is 6. The molecular formula is C72H55BF6O5P2. The Labute approximate surface area is 495 Å². The van der Waals surface area contributed by atoms with Crippen LogP contribution in [0.4, 0.5) is 26.3 Å². The molecule has 0 atom stereocenters. The van der Waals surface area contributed by atoms with Crippen molar-refractivity contribution < 1.29 is 49.5 Å². The normalized spacial score (nSPS) is 12.9. The summed E-state index contributed by atoms with van der Waals surface area (Å²) in [6, 6.07) is 88.7. The molecule has 0 saturated heterocycles. The predicted molar refractivity (Wildman–Crippen MR) is 335 cm³/mol. The Bertz CT molecular complexity index is 3670. The standard InChI is InChI=1S/C72H55BF6O5P2/c74-71(75,76)60-49-61(72(77,78)79)51-62(50-60)82-73(83-85(63-35-13-3-14-36-63,64-37-15-4-16-38-64,65-39-17-5-18-40-65)52-54-27-25-33-58(47-54)69(80)56-29-9-1-10-30-56)84-86(66-41-19-6-20-42-66,67-43-21-7-22-44-67,68-45-23-8-24-46-68)53-55-28-26-34-59(48-55)70(81)57-31-11-2-12-32-57/h1-51H,52-53H2. The second-order valence-electron chi connectivity index (χ2n) is 20.9. The van der Waals surface area contributed by atoms with Gasteiger partial charge in [0.05, 0.1) is 0 Å². The molecule has 0 aromatic heterocycles. The van der Waals surface area contributed by atoms with Gasteiger partial charge < -0.3 is 0 Å². The van der Waals surface area contributed by atoms with E-state index < -0.39 is 50.2 Å². The molecule has 0 aliphatic carbocycles. The van der Waals surface area contributed by atoms with Crippen molar-refractivity contribution in [3.8, 4) is 5.75 Å². The van der Waals surface area contributed by atoms with Gasteiger partial charge >= 0.3 is 498 Å². The van der Waals surface area contributed by atoms with Gasteiger partial charge in [0.15, 0.2) is 0 Å². The van der Waals surface area contributed by atoms with Gasteiger partial charge in [-0.15, -0.1) is 0 Å². The van der Waals surface area contributed by atoms with Crippen LogP contribution in [0.15, 0.2) is 309 Å². The molecule has 0 aliphatic heterocycles. The van der Waals surface area contributed by atoms with Crippen LogP contribution in [0, 0.1) is 0 Å². The predicted octanol–water partition coefficient (Wildman–Crippen LogP) is 15.9. The number of ketones is 2. The zero-order valence-corrected chi connectivity index (χ0v) is 47.9. The Hall–Kier alpha value is -9.02. The van der Waals surface area contributed by atoms with Crippen molar-refractivity contribution >= 4 is 64.4 Å². The number of carbonyl (C=O) groups excluding carboxylic acids is 2. The van der Waals surface area contributed by atoms with Crippen LogP contribution < -0.4 is 36.5 Å². The first kappa shape index (κ1) is 58.7. The fraction of sp³-hybridized carbons (Fsp3) is 0.0556. The van der Waals surface area contributed by atoms with Crippen molar-refractivity contribution in [2.75, 3.05) is 0 Å². The van der Waals surface area contributed by atoms with Gasteiger partial charge in [0.1, 0.15) is 0 Å². The third kappa shape index (κ3) is 11.3. The average molecular weight is 1190 g/mol. The molecule has 0 unspecified atom stereocenters. The first-order chi connectivity index (χ1) is 41.6. The maximum absolute atomic E-state index is 15.2. The first-order valence-electron chi connectivity index (χ1n) is 27.7. The molecular weight excluding hydrogens is 1130 g/mol. The summed E-state index contributed by atoms with van der Waals surface area (Å²) in [6.45, 7) is -10.3. The fourth-order valence-corrected chi connectivity index (χ4v) is 23.1. The van der Waals surface area contributed by atoms with E-state index in [4.69, 9.17) is 13.5 Å². The Morgan fingerprint density at radius 2 is 0.570 bits per heavy atom. The van der Waals surface area contributed by atoms with Crippen LogP contribution in [-0.2, 0) is 33.6 Å². The van der Waals surface area contributed by atoms with E-state index in [1.807, 2.05) is 206 Å². The molecule has 0 spiro atoms. The van der Waals surface area contributed by atoms with Crippen LogP contribution in [-0.4, -0.2) is 18.9 Å². The van der Waals surface area contributed by atoms with E-state index in [2.05, 4.69) is 0 Å². The molecule has 0 saturated carbocycles. The van der Waals surface area contributed by atoms with E-state index in [0.29, 0.717) is 77.3 Å². The Morgan fingerprint density at radius 1 is 0.314 bits per heavy atom. The van der Waals surface area contributed by atoms with Crippen LogP contribution in [0.2, 0.25) is 0 Å². The minimum absolute atomic E-state index is 0.0485. The summed E-state index contributed by atoms with van der Waals surface area (Å²) in [5.41, 5.74) is -0.493. The number of carbonyl (C=O) groups is 2. The molecule has 11 aromatic carbocycles. The van der Waals surface area contributed by atoms with Crippen molar-refractivity contribution in [3.63, 3.8) is 0 Å². The number of benzene rings is 11. The number of halogens is 6. The number of rotatable bonds is 20. The van der Waals surface area contributed by atoms with E-state index in [-0.39, 0.29) is 30.0 Å². The molecule has 0 N–H and O–H groups in total. The van der Waals surface area contributed by atoms with E-state index in [1.165, 1.54) is 0 Å². The summed E-state index contributed by atoms with van der Waals surface area (Å²) >= 11 is 0. The Balaban J connectivity index is 1.28. The fourth-order valence-electron chi connectivity index (χ4n) is 11.7. The summed E-state index contributed by atoms with van der Waals surface area (Å²) in [5.74, 6) is -1.38. The molecule has 86 heavy (non-hydrogen) atoms. The van der Waals surface area contributed by atoms with Crippen LogP contribution in [0.5, 0.6) is 5.75 Å². The monoisotopic (exact) mass is 1190 g/mol. The Kier molecular flexibility index (Phi) is 16.5. The van der Waals surface area contributed by atoms with E-state index >= 15 is 26.3 Å². The molecule has 14 heteroatoms. The van der Waals surface area contributed by atoms with E-state index in [1.54, 1.807) is 84.9 Å². The molecule has 0 amide bonds. The molecule has 5 nitrogen and oxygen atoms in total. The SMILES string of the molecule is O=C(c1ccccc1)c1cccc(CP(OB(Oc2cc(C(F)(F)F)cc(C(F)(F)F)c2)OP(Cc2cccc(C(=O)c3ccccc3)c2)(c2ccccc2)(c2ccccc2)c2ccccc2)(c2ccccc2)(c2ccccc2)c2ccccc2)c1. The molecule has 428 valence electrons. The van der Waals surface area contributed by atoms with Crippen LogP contribution in [0.3, 0.4) is 0 Å². The van der Waals surface area contributed by atoms with Crippen LogP contribution >= 0.6 is 13.7 Å². The number of hydrogen-bond acceptors (Lipinski definition) is 5. The summed E-state index contributed by atoms with van der Waals surface area (Å²) in [7, 11) is -2.26. The van der Waals surface area contributed by atoms with Gasteiger partial charge in [-0.3, -0.25) is 0 Å².